The molecule has 0 aromatic heterocycles. The number of benzene rings is 1. The van der Waals surface area contributed by atoms with Crippen LogP contribution in [0.5, 0.6) is 0 Å². The highest BCUT2D eigenvalue weighted by molar-refractivity contribution is 5.95. The van der Waals surface area contributed by atoms with Gasteiger partial charge in [0.25, 0.3) is 5.91 Å². The Morgan fingerprint density at radius 1 is 1.42 bits per heavy atom. The summed E-state index contributed by atoms with van der Waals surface area (Å²) >= 11 is 0. The number of carbonyl (C=O) groups excluding carboxylic acids is 1. The number of rotatable bonds is 5. The number of hydrogen-bond acceptors (Lipinski definition) is 3. The average Bonchev–Trinajstić information content (AvgIpc) is 2.28. The number of nitrogen functional groups attached to an aromatic ring is 1. The summed E-state index contributed by atoms with van der Waals surface area (Å²) in [6, 6.07) is 4.18. The second kappa shape index (κ2) is 6.52. The number of nitrogens with two attached hydrogens (primary N) is 1. The molecule has 1 aromatic carbocycles. The lowest BCUT2D eigenvalue weighted by Crippen LogP contribution is -2.44. The highest BCUT2D eigenvalue weighted by atomic mass is 19.1. The molecule has 1 rings (SSSR count). The largest absolute Gasteiger partial charge is 0.399 e. The SMILES string of the molecule is CCN(C(=O)c1ccc(N)cc1F)C(C)CN(C)C. The summed E-state index contributed by atoms with van der Waals surface area (Å²) in [5, 5.41) is 0. The highest BCUT2D eigenvalue weighted by Gasteiger charge is 2.22. The van der Waals surface area contributed by atoms with E-state index in [9.17, 15) is 9.18 Å². The Hall–Kier alpha value is -1.62. The average molecular weight is 267 g/mol. The zero-order valence-electron chi connectivity index (χ0n) is 12.0. The van der Waals surface area contributed by atoms with Gasteiger partial charge in [-0.25, -0.2) is 4.39 Å². The fraction of sp³-hybridized carbons (Fsp3) is 0.500. The van der Waals surface area contributed by atoms with Gasteiger partial charge in [0.05, 0.1) is 5.56 Å². The molecule has 0 aliphatic rings. The van der Waals surface area contributed by atoms with Gasteiger partial charge in [0.1, 0.15) is 5.82 Å². The van der Waals surface area contributed by atoms with Crippen LogP contribution in [0.25, 0.3) is 0 Å². The van der Waals surface area contributed by atoms with Crippen LogP contribution in [0.1, 0.15) is 24.2 Å². The molecule has 0 aliphatic carbocycles. The maximum absolute atomic E-state index is 13.8. The summed E-state index contributed by atoms with van der Waals surface area (Å²) in [6.07, 6.45) is 0. The first-order valence-corrected chi connectivity index (χ1v) is 6.37. The maximum Gasteiger partial charge on any atom is 0.257 e. The number of amides is 1. The van der Waals surface area contributed by atoms with E-state index < -0.39 is 5.82 Å². The lowest BCUT2D eigenvalue weighted by atomic mass is 10.1. The minimum Gasteiger partial charge on any atom is -0.399 e. The van der Waals surface area contributed by atoms with Crippen LogP contribution in [0.4, 0.5) is 10.1 Å². The predicted octanol–water partition coefficient (Wildman–Crippen LogP) is 1.82. The third-order valence-electron chi connectivity index (χ3n) is 2.99. The van der Waals surface area contributed by atoms with Crippen LogP contribution in [0.15, 0.2) is 18.2 Å². The van der Waals surface area contributed by atoms with E-state index >= 15 is 0 Å². The molecule has 106 valence electrons. The van der Waals surface area contributed by atoms with Crippen LogP contribution in [0.2, 0.25) is 0 Å². The van der Waals surface area contributed by atoms with Crippen molar-refractivity contribution in [3.05, 3.63) is 29.6 Å². The first-order chi connectivity index (χ1) is 8.86. The molecule has 4 nitrogen and oxygen atoms in total. The zero-order chi connectivity index (χ0) is 14.6. The van der Waals surface area contributed by atoms with E-state index in [0.29, 0.717) is 12.2 Å². The van der Waals surface area contributed by atoms with Gasteiger partial charge in [-0.05, 0) is 46.1 Å². The van der Waals surface area contributed by atoms with Crippen molar-refractivity contribution < 1.29 is 9.18 Å². The Labute approximate surface area is 114 Å². The van der Waals surface area contributed by atoms with Crippen LogP contribution >= 0.6 is 0 Å². The van der Waals surface area contributed by atoms with Crippen molar-refractivity contribution in [3.63, 3.8) is 0 Å². The van der Waals surface area contributed by atoms with E-state index in [1.54, 1.807) is 11.0 Å². The number of likely N-dealkylation sites (N-methyl/N-ethyl adjacent to an activating group) is 2. The van der Waals surface area contributed by atoms with Gasteiger partial charge in [0, 0.05) is 24.8 Å². The molecule has 0 heterocycles. The molecule has 0 bridgehead atoms. The molecule has 0 radical (unpaired) electrons. The van der Waals surface area contributed by atoms with Gasteiger partial charge in [-0.15, -0.1) is 0 Å². The number of hydrogen-bond donors (Lipinski definition) is 1. The van der Waals surface area contributed by atoms with E-state index in [2.05, 4.69) is 0 Å². The molecular weight excluding hydrogens is 245 g/mol. The third kappa shape index (κ3) is 3.92. The first kappa shape index (κ1) is 15.4. The van der Waals surface area contributed by atoms with Gasteiger partial charge in [0.15, 0.2) is 0 Å². The van der Waals surface area contributed by atoms with Crippen LogP contribution in [-0.4, -0.2) is 48.9 Å². The molecule has 0 fully saturated rings. The molecule has 5 heteroatoms. The molecule has 2 N–H and O–H groups in total. The normalized spacial score (nSPS) is 12.5. The Balaban J connectivity index is 2.95. The second-order valence-corrected chi connectivity index (χ2v) is 4.94. The monoisotopic (exact) mass is 267 g/mol. The fourth-order valence-corrected chi connectivity index (χ4v) is 2.14. The first-order valence-electron chi connectivity index (χ1n) is 6.37. The molecule has 1 atom stereocenters. The van der Waals surface area contributed by atoms with Crippen molar-refractivity contribution in [2.24, 2.45) is 0 Å². The molecule has 19 heavy (non-hydrogen) atoms. The topological polar surface area (TPSA) is 49.6 Å². The minimum absolute atomic E-state index is 0.0180. The van der Waals surface area contributed by atoms with Crippen molar-refractivity contribution in [1.29, 1.82) is 0 Å². The van der Waals surface area contributed by atoms with Gasteiger partial charge in [-0.2, -0.15) is 0 Å². The Bertz CT molecular complexity index is 448. The Kier molecular flexibility index (Phi) is 5.30. The summed E-state index contributed by atoms with van der Waals surface area (Å²) in [5.41, 5.74) is 5.88. The van der Waals surface area contributed by atoms with Gasteiger partial charge in [-0.3, -0.25) is 4.79 Å². The number of halogens is 1. The van der Waals surface area contributed by atoms with Crippen molar-refractivity contribution in [2.75, 3.05) is 32.9 Å². The number of carbonyl (C=O) groups is 1. The summed E-state index contributed by atoms with van der Waals surface area (Å²) < 4.78 is 13.8. The van der Waals surface area contributed by atoms with Crippen LogP contribution in [0.3, 0.4) is 0 Å². The van der Waals surface area contributed by atoms with Crippen molar-refractivity contribution >= 4 is 11.6 Å². The van der Waals surface area contributed by atoms with Crippen LogP contribution < -0.4 is 5.73 Å². The van der Waals surface area contributed by atoms with Gasteiger partial charge in [0.2, 0.25) is 0 Å². The Morgan fingerprint density at radius 2 is 2.05 bits per heavy atom. The molecular formula is C14H22FN3O. The molecule has 0 aliphatic heterocycles. The van der Waals surface area contributed by atoms with Crippen molar-refractivity contribution in [3.8, 4) is 0 Å². The van der Waals surface area contributed by atoms with E-state index in [1.807, 2.05) is 32.8 Å². The molecule has 0 spiro atoms. The van der Waals surface area contributed by atoms with Gasteiger partial charge in [-0.1, -0.05) is 0 Å². The fourth-order valence-electron chi connectivity index (χ4n) is 2.14. The van der Waals surface area contributed by atoms with Crippen LogP contribution in [0, 0.1) is 5.82 Å². The zero-order valence-corrected chi connectivity index (χ0v) is 12.0. The van der Waals surface area contributed by atoms with E-state index in [1.165, 1.54) is 12.1 Å². The third-order valence-corrected chi connectivity index (χ3v) is 2.99. The highest BCUT2D eigenvalue weighted by Crippen LogP contribution is 2.15. The standard InChI is InChI=1S/C14H22FN3O/c1-5-18(10(2)9-17(3)4)14(19)12-7-6-11(16)8-13(12)15/h6-8,10H,5,9,16H2,1-4H3. The molecule has 0 saturated carbocycles. The Morgan fingerprint density at radius 3 is 2.53 bits per heavy atom. The number of anilines is 1. The molecule has 1 unspecified atom stereocenters. The maximum atomic E-state index is 13.8. The summed E-state index contributed by atoms with van der Waals surface area (Å²) in [4.78, 5) is 16.0. The summed E-state index contributed by atoms with van der Waals surface area (Å²) in [7, 11) is 3.89. The predicted molar refractivity (Wildman–Crippen MR) is 75.5 cm³/mol. The lowest BCUT2D eigenvalue weighted by Gasteiger charge is -2.30. The molecule has 1 aromatic rings. The molecule has 1 amide bonds. The van der Waals surface area contributed by atoms with E-state index in [4.69, 9.17) is 5.73 Å². The van der Waals surface area contributed by atoms with Gasteiger partial charge >= 0.3 is 0 Å². The lowest BCUT2D eigenvalue weighted by molar-refractivity contribution is 0.0674. The second-order valence-electron chi connectivity index (χ2n) is 4.94. The molecule has 0 saturated heterocycles. The quantitative estimate of drug-likeness (QED) is 0.828. The van der Waals surface area contributed by atoms with Crippen LogP contribution in [-0.2, 0) is 0 Å². The smallest absolute Gasteiger partial charge is 0.257 e. The van der Waals surface area contributed by atoms with Gasteiger partial charge < -0.3 is 15.5 Å². The van der Waals surface area contributed by atoms with E-state index in [-0.39, 0.29) is 17.5 Å². The summed E-state index contributed by atoms with van der Waals surface area (Å²) in [6.45, 7) is 5.11. The van der Waals surface area contributed by atoms with E-state index in [0.717, 1.165) is 6.54 Å². The minimum atomic E-state index is -0.569. The van der Waals surface area contributed by atoms with Crippen molar-refractivity contribution in [2.45, 2.75) is 19.9 Å². The van der Waals surface area contributed by atoms with Crippen molar-refractivity contribution in [1.82, 2.24) is 9.80 Å². The summed E-state index contributed by atoms with van der Waals surface area (Å²) in [5.74, 6) is -0.866. The number of nitrogens with zero attached hydrogens (tertiary/aromatic N) is 2.